The number of carbonyl (C=O) groups excluding carboxylic acids is 1. The van der Waals surface area contributed by atoms with E-state index >= 15 is 0 Å². The van der Waals surface area contributed by atoms with Crippen LogP contribution in [0.3, 0.4) is 0 Å². The second-order valence-corrected chi connectivity index (χ2v) is 6.16. The summed E-state index contributed by atoms with van der Waals surface area (Å²) in [5, 5.41) is 7.09. The van der Waals surface area contributed by atoms with Crippen LogP contribution < -0.4 is 15.7 Å². The number of nitrogens with one attached hydrogen (secondary N) is 1. The zero-order valence-corrected chi connectivity index (χ0v) is 13.7. The number of rotatable bonds is 4. The third-order valence-corrected chi connectivity index (χ3v) is 4.33. The van der Waals surface area contributed by atoms with Crippen molar-refractivity contribution in [1.29, 1.82) is 0 Å². The Hall–Kier alpha value is -3.19. The van der Waals surface area contributed by atoms with Crippen molar-refractivity contribution in [2.75, 3.05) is 11.9 Å². The Morgan fingerprint density at radius 2 is 2.00 bits per heavy atom. The molecule has 0 radical (unpaired) electrons. The maximum Gasteiger partial charge on any atom is 0.344 e. The highest BCUT2D eigenvalue weighted by atomic mass is 32.1. The van der Waals surface area contributed by atoms with Crippen LogP contribution in [0.4, 0.5) is 5.13 Å². The molecule has 1 amide bonds. The van der Waals surface area contributed by atoms with Crippen LogP contribution in [0.1, 0.15) is 0 Å². The molecule has 124 valence electrons. The van der Waals surface area contributed by atoms with Crippen molar-refractivity contribution in [3.05, 3.63) is 64.5 Å². The number of fused-ring (bicyclic) bond motifs is 3. The summed E-state index contributed by atoms with van der Waals surface area (Å²) in [5.74, 6) is 0.134. The van der Waals surface area contributed by atoms with E-state index in [0.29, 0.717) is 21.9 Å². The first-order valence-electron chi connectivity index (χ1n) is 7.48. The molecular weight excluding hydrogens is 340 g/mol. The third-order valence-electron chi connectivity index (χ3n) is 3.64. The van der Waals surface area contributed by atoms with Gasteiger partial charge < -0.3 is 9.15 Å². The standard InChI is InChI=1S/C18H12N2O4S/c21-16(20-18-19-7-8-25-18)10-23-11-5-6-13-12-3-1-2-4-14(12)17(22)24-15(13)9-11/h1-9H,10H2,(H,19,20,21). The fourth-order valence-electron chi connectivity index (χ4n) is 2.54. The molecule has 1 N–H and O–H groups in total. The Bertz CT molecular complexity index is 1120. The van der Waals surface area contributed by atoms with E-state index in [4.69, 9.17) is 9.15 Å². The van der Waals surface area contributed by atoms with Crippen molar-refractivity contribution in [2.24, 2.45) is 0 Å². The minimum atomic E-state index is -0.401. The van der Waals surface area contributed by atoms with Gasteiger partial charge in [0.2, 0.25) is 0 Å². The molecule has 4 rings (SSSR count). The lowest BCUT2D eigenvalue weighted by Gasteiger charge is -2.07. The highest BCUT2D eigenvalue weighted by molar-refractivity contribution is 7.13. The molecule has 2 heterocycles. The second kappa shape index (κ2) is 6.37. The van der Waals surface area contributed by atoms with Crippen molar-refractivity contribution < 1.29 is 13.9 Å². The van der Waals surface area contributed by atoms with Crippen LogP contribution in [0, 0.1) is 0 Å². The summed E-state index contributed by atoms with van der Waals surface area (Å²) in [4.78, 5) is 27.9. The lowest BCUT2D eigenvalue weighted by atomic mass is 10.1. The summed E-state index contributed by atoms with van der Waals surface area (Å²) in [6.45, 7) is -0.164. The predicted octanol–water partition coefficient (Wildman–Crippen LogP) is 3.42. The fourth-order valence-corrected chi connectivity index (χ4v) is 3.08. The Labute approximate surface area is 145 Å². The van der Waals surface area contributed by atoms with E-state index in [-0.39, 0.29) is 12.5 Å². The number of benzene rings is 2. The van der Waals surface area contributed by atoms with Crippen LogP contribution >= 0.6 is 11.3 Å². The Kier molecular flexibility index (Phi) is 3.91. The molecule has 0 aliphatic carbocycles. The molecule has 2 aromatic carbocycles. The number of anilines is 1. The SMILES string of the molecule is O=C(COc1ccc2c(c1)oc(=O)c1ccccc12)Nc1nccs1. The molecule has 25 heavy (non-hydrogen) atoms. The van der Waals surface area contributed by atoms with Crippen molar-refractivity contribution in [3.8, 4) is 5.75 Å². The molecule has 6 nitrogen and oxygen atoms in total. The van der Waals surface area contributed by atoms with Crippen molar-refractivity contribution in [3.63, 3.8) is 0 Å². The number of hydrogen-bond donors (Lipinski definition) is 1. The van der Waals surface area contributed by atoms with E-state index in [9.17, 15) is 9.59 Å². The van der Waals surface area contributed by atoms with Gasteiger partial charge in [0.1, 0.15) is 11.3 Å². The number of ether oxygens (including phenoxy) is 1. The van der Waals surface area contributed by atoms with Gasteiger partial charge in [-0.3, -0.25) is 10.1 Å². The van der Waals surface area contributed by atoms with Gasteiger partial charge in [-0.2, -0.15) is 0 Å². The summed E-state index contributed by atoms with van der Waals surface area (Å²) >= 11 is 1.33. The molecule has 0 bridgehead atoms. The minimum Gasteiger partial charge on any atom is -0.484 e. The van der Waals surface area contributed by atoms with Gasteiger partial charge in [0.15, 0.2) is 11.7 Å². The molecule has 0 saturated heterocycles. The average Bonchev–Trinajstić information content (AvgIpc) is 3.13. The molecule has 4 aromatic rings. The third kappa shape index (κ3) is 3.09. The number of carbonyl (C=O) groups is 1. The molecule has 2 aromatic heterocycles. The average molecular weight is 352 g/mol. The number of amides is 1. The van der Waals surface area contributed by atoms with Crippen LogP contribution in [0.5, 0.6) is 5.75 Å². The number of hydrogen-bond acceptors (Lipinski definition) is 6. The van der Waals surface area contributed by atoms with Gasteiger partial charge in [-0.25, -0.2) is 9.78 Å². The molecule has 0 spiro atoms. The van der Waals surface area contributed by atoms with E-state index in [1.807, 2.05) is 18.2 Å². The Morgan fingerprint density at radius 3 is 2.80 bits per heavy atom. The molecule has 0 saturated carbocycles. The number of aromatic nitrogens is 1. The summed E-state index contributed by atoms with van der Waals surface area (Å²) in [7, 11) is 0. The lowest BCUT2D eigenvalue weighted by molar-refractivity contribution is -0.118. The summed E-state index contributed by atoms with van der Waals surface area (Å²) in [6.07, 6.45) is 1.61. The highest BCUT2D eigenvalue weighted by Crippen LogP contribution is 2.26. The molecular formula is C18H12N2O4S. The Balaban J connectivity index is 1.58. The summed E-state index contributed by atoms with van der Waals surface area (Å²) in [5.41, 5.74) is 0.0169. The Morgan fingerprint density at radius 1 is 1.16 bits per heavy atom. The van der Waals surface area contributed by atoms with Crippen LogP contribution in [-0.2, 0) is 4.79 Å². The highest BCUT2D eigenvalue weighted by Gasteiger charge is 2.09. The smallest absolute Gasteiger partial charge is 0.344 e. The molecule has 0 fully saturated rings. The normalized spacial score (nSPS) is 10.9. The number of nitrogens with zero attached hydrogens (tertiary/aromatic N) is 1. The molecule has 0 aliphatic heterocycles. The lowest BCUT2D eigenvalue weighted by Crippen LogP contribution is -2.19. The summed E-state index contributed by atoms with van der Waals surface area (Å²) in [6, 6.07) is 12.4. The monoisotopic (exact) mass is 352 g/mol. The fraction of sp³-hybridized carbons (Fsp3) is 0.0556. The predicted molar refractivity (Wildman–Crippen MR) is 96.2 cm³/mol. The van der Waals surface area contributed by atoms with Crippen molar-refractivity contribution >= 4 is 44.1 Å². The van der Waals surface area contributed by atoms with Crippen LogP contribution in [0.15, 0.2) is 63.3 Å². The van der Waals surface area contributed by atoms with Gasteiger partial charge in [-0.1, -0.05) is 18.2 Å². The van der Waals surface area contributed by atoms with E-state index in [0.717, 1.165) is 10.8 Å². The zero-order chi connectivity index (χ0) is 17.2. The van der Waals surface area contributed by atoms with Gasteiger partial charge in [0, 0.05) is 23.0 Å². The van der Waals surface area contributed by atoms with E-state index in [2.05, 4.69) is 10.3 Å². The molecule has 0 atom stereocenters. The first-order chi connectivity index (χ1) is 12.2. The second-order valence-electron chi connectivity index (χ2n) is 5.27. The largest absolute Gasteiger partial charge is 0.484 e. The van der Waals surface area contributed by atoms with Crippen LogP contribution in [0.2, 0.25) is 0 Å². The van der Waals surface area contributed by atoms with Gasteiger partial charge in [-0.05, 0) is 23.6 Å². The van der Waals surface area contributed by atoms with Crippen LogP contribution in [0.25, 0.3) is 21.7 Å². The van der Waals surface area contributed by atoms with Gasteiger partial charge in [-0.15, -0.1) is 11.3 Å². The minimum absolute atomic E-state index is 0.164. The first kappa shape index (κ1) is 15.3. The molecule has 0 unspecified atom stereocenters. The maximum absolute atomic E-state index is 12.1. The van der Waals surface area contributed by atoms with E-state index < -0.39 is 5.63 Å². The van der Waals surface area contributed by atoms with Crippen molar-refractivity contribution in [2.45, 2.75) is 0 Å². The van der Waals surface area contributed by atoms with Gasteiger partial charge in [0.25, 0.3) is 5.91 Å². The quantitative estimate of drug-likeness (QED) is 0.449. The number of thiazole rings is 1. The van der Waals surface area contributed by atoms with Gasteiger partial charge in [0.05, 0.1) is 5.39 Å². The van der Waals surface area contributed by atoms with Crippen LogP contribution in [-0.4, -0.2) is 17.5 Å². The van der Waals surface area contributed by atoms with Gasteiger partial charge >= 0.3 is 5.63 Å². The van der Waals surface area contributed by atoms with Crippen molar-refractivity contribution in [1.82, 2.24) is 4.98 Å². The first-order valence-corrected chi connectivity index (χ1v) is 8.36. The maximum atomic E-state index is 12.1. The zero-order valence-electron chi connectivity index (χ0n) is 12.9. The van der Waals surface area contributed by atoms with E-state index in [1.165, 1.54) is 11.3 Å². The van der Waals surface area contributed by atoms with E-state index in [1.54, 1.807) is 35.8 Å². The molecule has 0 aliphatic rings. The topological polar surface area (TPSA) is 81.4 Å². The summed E-state index contributed by atoms with van der Waals surface area (Å²) < 4.78 is 10.8. The molecule has 7 heteroatoms.